The van der Waals surface area contributed by atoms with Crippen LogP contribution in [-0.2, 0) is 44.7 Å². The van der Waals surface area contributed by atoms with Crippen LogP contribution in [0.15, 0.2) is 23.6 Å². The number of benzene rings is 1. The lowest BCUT2D eigenvalue weighted by molar-refractivity contribution is -0.149. The number of anilines is 1. The highest BCUT2D eigenvalue weighted by molar-refractivity contribution is 7.09. The van der Waals surface area contributed by atoms with E-state index in [1.165, 1.54) is 37.4 Å². The molecule has 0 spiro atoms. The normalized spacial score (nSPS) is 17.0. The average molecular weight is 933 g/mol. The maximum absolute atomic E-state index is 14.4. The molecule has 1 aromatic heterocycles. The third-order valence-electron chi connectivity index (χ3n) is 12.1. The van der Waals surface area contributed by atoms with Gasteiger partial charge in [-0.25, -0.2) is 4.98 Å². The number of phenols is 1. The van der Waals surface area contributed by atoms with Crippen LogP contribution in [0.3, 0.4) is 0 Å². The number of likely N-dealkylation sites (N-methyl/N-ethyl adjacent to an activating group) is 1. The van der Waals surface area contributed by atoms with Gasteiger partial charge in [0.25, 0.3) is 11.8 Å². The number of hydrogen-bond donors (Lipinski definition) is 5. The van der Waals surface area contributed by atoms with Gasteiger partial charge in [-0.1, -0.05) is 53.5 Å². The Bertz CT molecular complexity index is 2150. The van der Waals surface area contributed by atoms with Crippen LogP contribution in [0.4, 0.5) is 5.69 Å². The molecule has 66 heavy (non-hydrogen) atoms. The summed E-state index contributed by atoms with van der Waals surface area (Å²) >= 11 is 1.08. The molecule has 2 aromatic rings. The molecule has 2 heterocycles. The van der Waals surface area contributed by atoms with Crippen molar-refractivity contribution in [3.63, 3.8) is 0 Å². The van der Waals surface area contributed by atoms with Crippen LogP contribution in [0, 0.1) is 48.4 Å². The number of aromatic hydroxyl groups is 1. The number of phenolic OH excluding ortho intramolecular Hbond substituents is 1. The monoisotopic (exact) mass is 932 g/mol. The highest BCUT2D eigenvalue weighted by Gasteiger charge is 2.38. The molecule has 358 valence electrons. The Kier molecular flexibility index (Phi) is 21.0. The summed E-state index contributed by atoms with van der Waals surface area (Å²) in [5, 5.41) is 29.7. The number of esters is 1. The molecular weight excluding hydrogens is 869 g/mol. The standard InChI is InChI=1S/C48H64N6O11S/c1-11-28(6)34(24-41(58)38-16-14-15-19-53(38)9)47(62)54(10)39(27(4)5)25-42(65-30(8)55)46-52-37(26-66-46)45(61)49-32(20-29(7)48(63)64)21-31-17-18-40(57)35(22-31)51-44(60)36(23-33(56)12-2)50-43(59)13-3/h2-3,17-18,22,26-29,32,34,36,38-39,42,57H,11,14-16,19-21,23-25H2,1,4-10H3,(H,49,61)(H,50,59)(H,51,60)(H,63,64)/t28-,29?,32+,34-,36?,38+,39+,42+/m0/s1. The lowest BCUT2D eigenvalue weighted by Gasteiger charge is -2.37. The largest absolute Gasteiger partial charge is 0.506 e. The van der Waals surface area contributed by atoms with Crippen molar-refractivity contribution in [1.29, 1.82) is 0 Å². The first-order valence-corrected chi connectivity index (χ1v) is 23.0. The van der Waals surface area contributed by atoms with Crippen LogP contribution >= 0.6 is 11.3 Å². The minimum Gasteiger partial charge on any atom is -0.506 e. The molecule has 0 bridgehead atoms. The molecule has 17 nitrogen and oxygen atoms in total. The SMILES string of the molecule is C#CC(=O)CC(NC(=O)C#C)C(=O)Nc1cc(C[C@@H](CC(C)C(=O)O)NC(=O)c2csc([C@@H](C[C@H](C(C)C)N(C)C(=O)[C@@H](CC(=O)[C@H]3CCCCN3C)[C@@H](C)CC)OC(C)=O)n2)ccc1O. The average Bonchev–Trinajstić information content (AvgIpc) is 3.77. The zero-order valence-electron chi connectivity index (χ0n) is 39.0. The first kappa shape index (κ1) is 54.2. The molecule has 0 saturated carbocycles. The van der Waals surface area contributed by atoms with Crippen LogP contribution < -0.4 is 16.0 Å². The Morgan fingerprint density at radius 1 is 1.02 bits per heavy atom. The third kappa shape index (κ3) is 15.8. The Morgan fingerprint density at radius 3 is 2.30 bits per heavy atom. The number of carbonyl (C=O) groups excluding carboxylic acids is 7. The quantitative estimate of drug-likeness (QED) is 0.0421. The fraction of sp³-hybridized carbons (Fsp3) is 0.562. The number of aromatic nitrogens is 1. The van der Waals surface area contributed by atoms with Gasteiger partial charge in [-0.3, -0.25) is 43.3 Å². The summed E-state index contributed by atoms with van der Waals surface area (Å²) in [5.41, 5.74) is 0.295. The second kappa shape index (κ2) is 25.5. The van der Waals surface area contributed by atoms with Crippen molar-refractivity contribution in [2.24, 2.45) is 23.7 Å². The van der Waals surface area contributed by atoms with Gasteiger partial charge in [-0.2, -0.15) is 0 Å². The van der Waals surface area contributed by atoms with Gasteiger partial charge in [0.1, 0.15) is 22.5 Å². The highest BCUT2D eigenvalue weighted by atomic mass is 32.1. The summed E-state index contributed by atoms with van der Waals surface area (Å²) in [6, 6.07) is 1.19. The first-order valence-electron chi connectivity index (χ1n) is 22.2. The van der Waals surface area contributed by atoms with E-state index < -0.39 is 77.9 Å². The van der Waals surface area contributed by atoms with Gasteiger partial charge in [0.2, 0.25) is 17.6 Å². The van der Waals surface area contributed by atoms with Gasteiger partial charge >= 0.3 is 11.9 Å². The number of carboxylic acid groups (broad SMARTS) is 1. The number of piperidine rings is 1. The number of thiazole rings is 1. The fourth-order valence-corrected chi connectivity index (χ4v) is 8.90. The van der Waals surface area contributed by atoms with Crippen LogP contribution in [-0.4, -0.2) is 117 Å². The highest BCUT2D eigenvalue weighted by Crippen LogP contribution is 2.33. The lowest BCUT2D eigenvalue weighted by atomic mass is 9.83. The fourth-order valence-electron chi connectivity index (χ4n) is 8.06. The number of Topliss-reactive ketones (excluding diaryl/α,β-unsaturated/α-hetero) is 2. The molecule has 1 aliphatic rings. The number of hydrogen-bond acceptors (Lipinski definition) is 13. The number of carbonyl (C=O) groups is 8. The Morgan fingerprint density at radius 2 is 1.71 bits per heavy atom. The number of terminal acetylenes is 2. The maximum Gasteiger partial charge on any atom is 0.306 e. The number of likely N-dealkylation sites (tertiary alicyclic amines) is 1. The van der Waals surface area contributed by atoms with E-state index in [4.69, 9.17) is 17.6 Å². The smallest absolute Gasteiger partial charge is 0.306 e. The molecule has 1 aromatic carbocycles. The van der Waals surface area contributed by atoms with E-state index >= 15 is 0 Å². The topological polar surface area (TPSA) is 242 Å². The molecule has 1 saturated heterocycles. The van der Waals surface area contributed by atoms with Crippen molar-refractivity contribution in [2.75, 3.05) is 26.0 Å². The molecule has 0 aliphatic carbocycles. The predicted octanol–water partition coefficient (Wildman–Crippen LogP) is 4.53. The summed E-state index contributed by atoms with van der Waals surface area (Å²) in [7, 11) is 3.65. The van der Waals surface area contributed by atoms with Crippen molar-refractivity contribution < 1.29 is 53.3 Å². The Hall–Kier alpha value is -6.11. The van der Waals surface area contributed by atoms with E-state index in [1.807, 2.05) is 40.7 Å². The van der Waals surface area contributed by atoms with Gasteiger partial charge in [0.05, 0.1) is 17.6 Å². The molecular formula is C48H64N6O11S. The van der Waals surface area contributed by atoms with Crippen LogP contribution in [0.2, 0.25) is 0 Å². The number of carboxylic acids is 1. The lowest BCUT2D eigenvalue weighted by Crippen LogP contribution is -2.48. The molecule has 4 amide bonds. The molecule has 1 aliphatic heterocycles. The summed E-state index contributed by atoms with van der Waals surface area (Å²) in [6.07, 6.45) is 12.4. The van der Waals surface area contributed by atoms with Crippen LogP contribution in [0.25, 0.3) is 0 Å². The molecule has 5 N–H and O–H groups in total. The molecule has 8 atom stereocenters. The number of amides is 4. The second-order valence-corrected chi connectivity index (χ2v) is 18.3. The number of rotatable bonds is 24. The van der Waals surface area contributed by atoms with Gasteiger partial charge < -0.3 is 35.8 Å². The summed E-state index contributed by atoms with van der Waals surface area (Å²) in [6.45, 7) is 11.4. The van der Waals surface area contributed by atoms with E-state index in [-0.39, 0.29) is 72.4 Å². The van der Waals surface area contributed by atoms with Gasteiger partial charge in [-0.15, -0.1) is 24.2 Å². The number of ketones is 2. The molecule has 0 radical (unpaired) electrons. The van der Waals surface area contributed by atoms with E-state index in [9.17, 15) is 48.6 Å². The van der Waals surface area contributed by atoms with Crippen molar-refractivity contribution in [3.05, 3.63) is 39.8 Å². The predicted molar refractivity (Wildman–Crippen MR) is 248 cm³/mol. The second-order valence-electron chi connectivity index (χ2n) is 17.5. The van der Waals surface area contributed by atoms with Gasteiger partial charge in [0.15, 0.2) is 11.9 Å². The van der Waals surface area contributed by atoms with E-state index in [0.29, 0.717) is 17.0 Å². The number of nitrogens with zero attached hydrogens (tertiary/aromatic N) is 3. The summed E-state index contributed by atoms with van der Waals surface area (Å²) in [4.78, 5) is 112. The number of ether oxygens (including phenoxy) is 1. The van der Waals surface area contributed by atoms with Gasteiger partial charge in [0, 0.05) is 56.6 Å². The van der Waals surface area contributed by atoms with Crippen molar-refractivity contribution in [3.8, 4) is 30.4 Å². The Balaban J connectivity index is 1.86. The molecule has 3 rings (SSSR count). The molecule has 18 heteroatoms. The zero-order chi connectivity index (χ0) is 49.4. The Labute approximate surface area is 391 Å². The number of aliphatic carboxylic acids is 1. The van der Waals surface area contributed by atoms with Crippen molar-refractivity contribution in [2.45, 2.75) is 130 Å². The molecule has 2 unspecified atom stereocenters. The first-order chi connectivity index (χ1) is 31.1. The minimum atomic E-state index is -1.47. The number of nitrogens with one attached hydrogen (secondary N) is 3. The van der Waals surface area contributed by atoms with Crippen LogP contribution in [0.5, 0.6) is 5.75 Å². The third-order valence-corrected chi connectivity index (χ3v) is 13.1. The summed E-state index contributed by atoms with van der Waals surface area (Å²) < 4.78 is 5.79. The van der Waals surface area contributed by atoms with E-state index in [1.54, 1.807) is 17.9 Å². The maximum atomic E-state index is 14.4. The van der Waals surface area contributed by atoms with E-state index in [0.717, 1.165) is 37.1 Å². The van der Waals surface area contributed by atoms with Gasteiger partial charge in [-0.05, 0) is 80.6 Å². The minimum absolute atomic E-state index is 0.0173. The van der Waals surface area contributed by atoms with E-state index in [2.05, 4.69) is 25.8 Å². The van der Waals surface area contributed by atoms with Crippen LogP contribution in [0.1, 0.15) is 120 Å². The van der Waals surface area contributed by atoms with Crippen molar-refractivity contribution >= 4 is 64.2 Å². The molecule has 1 fully saturated rings. The van der Waals surface area contributed by atoms with Crippen molar-refractivity contribution in [1.82, 2.24) is 25.4 Å². The summed E-state index contributed by atoms with van der Waals surface area (Å²) in [5.74, 6) is -3.54. The zero-order valence-corrected chi connectivity index (χ0v) is 39.9.